The monoisotopic (exact) mass is 288 g/mol. The van der Waals surface area contributed by atoms with Gasteiger partial charge in [0, 0.05) is 17.0 Å². The number of hydrogen-bond acceptors (Lipinski definition) is 2. The molecule has 0 aliphatic rings. The highest BCUT2D eigenvalue weighted by atomic mass is 35.5. The van der Waals surface area contributed by atoms with Crippen LogP contribution in [0.15, 0.2) is 36.4 Å². The van der Waals surface area contributed by atoms with Gasteiger partial charge in [0.15, 0.2) is 5.78 Å². The minimum absolute atomic E-state index is 0.0620. The summed E-state index contributed by atoms with van der Waals surface area (Å²) in [6.45, 7) is 3.89. The van der Waals surface area contributed by atoms with Gasteiger partial charge in [0.05, 0.1) is 7.11 Å². The van der Waals surface area contributed by atoms with Gasteiger partial charge in [-0.25, -0.2) is 0 Å². The molecule has 2 aromatic rings. The number of methoxy groups -OCH3 is 1. The number of halogens is 1. The second-order valence-corrected chi connectivity index (χ2v) is 5.24. The van der Waals surface area contributed by atoms with Crippen molar-refractivity contribution < 1.29 is 9.53 Å². The van der Waals surface area contributed by atoms with Crippen molar-refractivity contribution in [2.45, 2.75) is 20.3 Å². The number of benzene rings is 2. The van der Waals surface area contributed by atoms with Crippen LogP contribution < -0.4 is 4.74 Å². The van der Waals surface area contributed by atoms with Crippen molar-refractivity contribution in [3.8, 4) is 5.75 Å². The summed E-state index contributed by atoms with van der Waals surface area (Å²) in [5.41, 5.74) is 3.48. The molecule has 0 atom stereocenters. The SMILES string of the molecule is COc1c(C)cc(C(=O)Cc2ccccc2Cl)cc1C. The second-order valence-electron chi connectivity index (χ2n) is 4.83. The maximum absolute atomic E-state index is 12.4. The first-order chi connectivity index (χ1) is 9.52. The summed E-state index contributed by atoms with van der Waals surface area (Å²) in [6.07, 6.45) is 0.310. The normalized spacial score (nSPS) is 10.4. The standard InChI is InChI=1S/C17H17ClO2/c1-11-8-14(9-12(2)17(11)20-3)16(19)10-13-6-4-5-7-15(13)18/h4-9H,10H2,1-3H3. The molecular formula is C17H17ClO2. The van der Waals surface area contributed by atoms with E-state index in [1.165, 1.54) is 0 Å². The summed E-state index contributed by atoms with van der Waals surface area (Å²) >= 11 is 6.09. The van der Waals surface area contributed by atoms with Gasteiger partial charge >= 0.3 is 0 Å². The number of ketones is 1. The molecule has 2 rings (SSSR count). The van der Waals surface area contributed by atoms with Crippen LogP contribution in [0.2, 0.25) is 5.02 Å². The Hall–Kier alpha value is -1.80. The number of ether oxygens (including phenoxy) is 1. The summed E-state index contributed by atoms with van der Waals surface area (Å²) in [4.78, 5) is 12.4. The highest BCUT2D eigenvalue weighted by Crippen LogP contribution is 2.25. The molecule has 0 N–H and O–H groups in total. The maximum Gasteiger partial charge on any atom is 0.167 e. The van der Waals surface area contributed by atoms with E-state index >= 15 is 0 Å². The summed E-state index contributed by atoms with van der Waals surface area (Å²) in [7, 11) is 1.64. The fraction of sp³-hybridized carbons (Fsp3) is 0.235. The molecule has 0 fully saturated rings. The van der Waals surface area contributed by atoms with Crippen LogP contribution in [0, 0.1) is 13.8 Å². The molecule has 0 spiro atoms. The number of carbonyl (C=O) groups is 1. The van der Waals surface area contributed by atoms with Crippen LogP contribution in [-0.2, 0) is 6.42 Å². The third-order valence-electron chi connectivity index (χ3n) is 3.30. The van der Waals surface area contributed by atoms with Gasteiger partial charge in [-0.15, -0.1) is 0 Å². The van der Waals surface area contributed by atoms with Gasteiger partial charge in [0.2, 0.25) is 0 Å². The van der Waals surface area contributed by atoms with Crippen LogP contribution in [-0.4, -0.2) is 12.9 Å². The van der Waals surface area contributed by atoms with E-state index in [9.17, 15) is 4.79 Å². The number of carbonyl (C=O) groups excluding carboxylic acids is 1. The van der Waals surface area contributed by atoms with Crippen LogP contribution in [0.4, 0.5) is 0 Å². The van der Waals surface area contributed by atoms with Crippen LogP contribution in [0.1, 0.15) is 27.0 Å². The highest BCUT2D eigenvalue weighted by molar-refractivity contribution is 6.31. The average molecular weight is 289 g/mol. The first-order valence-electron chi connectivity index (χ1n) is 6.44. The predicted octanol–water partition coefficient (Wildman–Crippen LogP) is 4.39. The van der Waals surface area contributed by atoms with Crippen molar-refractivity contribution >= 4 is 17.4 Å². The summed E-state index contributed by atoms with van der Waals surface area (Å²) < 4.78 is 5.32. The Labute approximate surface area is 124 Å². The van der Waals surface area contributed by atoms with Gasteiger partial charge in [-0.1, -0.05) is 29.8 Å². The average Bonchev–Trinajstić information content (AvgIpc) is 2.41. The lowest BCUT2D eigenvalue weighted by molar-refractivity contribution is 0.0993. The zero-order valence-electron chi connectivity index (χ0n) is 11.9. The second kappa shape index (κ2) is 6.10. The minimum atomic E-state index is 0.0620. The molecule has 0 aliphatic heterocycles. The topological polar surface area (TPSA) is 26.3 Å². The zero-order chi connectivity index (χ0) is 14.7. The minimum Gasteiger partial charge on any atom is -0.496 e. The molecule has 104 valence electrons. The lowest BCUT2D eigenvalue weighted by atomic mass is 9.98. The Morgan fingerprint density at radius 2 is 1.75 bits per heavy atom. The van der Waals surface area contributed by atoms with Crippen molar-refractivity contribution in [1.82, 2.24) is 0 Å². The van der Waals surface area contributed by atoms with E-state index in [0.717, 1.165) is 22.4 Å². The molecule has 0 saturated heterocycles. The largest absolute Gasteiger partial charge is 0.496 e. The number of rotatable bonds is 4. The molecule has 0 aromatic heterocycles. The molecule has 3 heteroatoms. The van der Waals surface area contributed by atoms with Crippen LogP contribution in [0.3, 0.4) is 0 Å². The van der Waals surface area contributed by atoms with E-state index in [4.69, 9.17) is 16.3 Å². The molecule has 20 heavy (non-hydrogen) atoms. The van der Waals surface area contributed by atoms with Crippen molar-refractivity contribution in [2.75, 3.05) is 7.11 Å². The van der Waals surface area contributed by atoms with Crippen molar-refractivity contribution in [3.63, 3.8) is 0 Å². The van der Waals surface area contributed by atoms with Gasteiger partial charge in [-0.2, -0.15) is 0 Å². The van der Waals surface area contributed by atoms with E-state index in [1.807, 2.05) is 44.2 Å². The molecule has 0 unspecified atom stereocenters. The summed E-state index contributed by atoms with van der Waals surface area (Å²) in [5.74, 6) is 0.895. The summed E-state index contributed by atoms with van der Waals surface area (Å²) in [5, 5.41) is 0.628. The van der Waals surface area contributed by atoms with E-state index in [0.29, 0.717) is 17.0 Å². The Balaban J connectivity index is 2.29. The van der Waals surface area contributed by atoms with Crippen LogP contribution in [0.25, 0.3) is 0 Å². The van der Waals surface area contributed by atoms with Gasteiger partial charge in [-0.05, 0) is 48.7 Å². The number of Topliss-reactive ketones (excluding diaryl/α,β-unsaturated/α-hetero) is 1. The first-order valence-corrected chi connectivity index (χ1v) is 6.82. The first kappa shape index (κ1) is 14.6. The molecular weight excluding hydrogens is 272 g/mol. The van der Waals surface area contributed by atoms with Gasteiger partial charge in [-0.3, -0.25) is 4.79 Å². The Kier molecular flexibility index (Phi) is 4.46. The molecule has 2 aromatic carbocycles. The molecule has 0 aliphatic carbocycles. The number of aryl methyl sites for hydroxylation is 2. The molecule has 0 amide bonds. The van der Waals surface area contributed by atoms with Crippen molar-refractivity contribution in [2.24, 2.45) is 0 Å². The molecule has 0 radical (unpaired) electrons. The molecule has 0 saturated carbocycles. The fourth-order valence-electron chi connectivity index (χ4n) is 2.35. The molecule has 0 bridgehead atoms. The Bertz CT molecular complexity index is 624. The quantitative estimate of drug-likeness (QED) is 0.780. The highest BCUT2D eigenvalue weighted by Gasteiger charge is 2.13. The lowest BCUT2D eigenvalue weighted by Crippen LogP contribution is -2.05. The third kappa shape index (κ3) is 3.02. The van der Waals surface area contributed by atoms with Crippen LogP contribution >= 0.6 is 11.6 Å². The maximum atomic E-state index is 12.4. The van der Waals surface area contributed by atoms with E-state index in [1.54, 1.807) is 13.2 Å². The van der Waals surface area contributed by atoms with E-state index < -0.39 is 0 Å². The summed E-state index contributed by atoms with van der Waals surface area (Å²) in [6, 6.07) is 11.2. The Morgan fingerprint density at radius 3 is 2.30 bits per heavy atom. The zero-order valence-corrected chi connectivity index (χ0v) is 12.6. The van der Waals surface area contributed by atoms with Crippen LogP contribution in [0.5, 0.6) is 5.75 Å². The van der Waals surface area contributed by atoms with Gasteiger partial charge in [0.25, 0.3) is 0 Å². The van der Waals surface area contributed by atoms with Crippen molar-refractivity contribution in [3.05, 3.63) is 63.7 Å². The van der Waals surface area contributed by atoms with Crippen molar-refractivity contribution in [1.29, 1.82) is 0 Å². The van der Waals surface area contributed by atoms with Gasteiger partial charge < -0.3 is 4.74 Å². The Morgan fingerprint density at radius 1 is 1.15 bits per heavy atom. The van der Waals surface area contributed by atoms with E-state index in [-0.39, 0.29) is 5.78 Å². The molecule has 0 heterocycles. The number of hydrogen-bond donors (Lipinski definition) is 0. The predicted molar refractivity (Wildman–Crippen MR) is 82.0 cm³/mol. The molecule has 2 nitrogen and oxygen atoms in total. The lowest BCUT2D eigenvalue weighted by Gasteiger charge is -2.11. The van der Waals surface area contributed by atoms with E-state index in [2.05, 4.69) is 0 Å². The fourth-order valence-corrected chi connectivity index (χ4v) is 2.55. The van der Waals surface area contributed by atoms with Gasteiger partial charge in [0.1, 0.15) is 5.75 Å². The smallest absolute Gasteiger partial charge is 0.167 e. The third-order valence-corrected chi connectivity index (χ3v) is 3.66.